The molecular weight excluding hydrogens is 1410 g/mol. The van der Waals surface area contributed by atoms with Crippen molar-refractivity contribution in [3.63, 3.8) is 0 Å². The first kappa shape index (κ1) is 66.9. The van der Waals surface area contributed by atoms with Gasteiger partial charge in [-0.1, -0.05) is 334 Å². The molecule has 0 saturated heterocycles. The summed E-state index contributed by atoms with van der Waals surface area (Å²) < 4.78 is 0. The van der Waals surface area contributed by atoms with E-state index in [1.807, 2.05) is 133 Å². The number of nitriles is 2. The fourth-order valence-corrected chi connectivity index (χ4v) is 17.9. The van der Waals surface area contributed by atoms with Crippen LogP contribution in [0.2, 0.25) is 0 Å². The minimum Gasteiger partial charge on any atom is -0.208 e. The third-order valence-electron chi connectivity index (χ3n) is 23.2. The van der Waals surface area contributed by atoms with Gasteiger partial charge in [-0.3, -0.25) is 0 Å². The molecule has 19 aromatic carbocycles. The van der Waals surface area contributed by atoms with E-state index in [1.165, 1.54) is 71.6 Å². The Kier molecular flexibility index (Phi) is 15.9. The molecule has 2 heterocycles. The van der Waals surface area contributed by atoms with Gasteiger partial charge in [0.05, 0.1) is 23.3 Å². The largest absolute Gasteiger partial charge is 0.208 e. The number of hydrogen-bond donors (Lipinski definition) is 0. The van der Waals surface area contributed by atoms with Gasteiger partial charge in [0.15, 0.2) is 34.9 Å². The Bertz CT molecular complexity index is 7550. The molecule has 0 radical (unpaired) electrons. The molecular formula is C108H62N8. The third kappa shape index (κ3) is 11.1. The zero-order valence-corrected chi connectivity index (χ0v) is 62.4. The molecule has 2 aliphatic rings. The van der Waals surface area contributed by atoms with Crippen LogP contribution in [0.4, 0.5) is 0 Å². The topological polar surface area (TPSA) is 125 Å². The number of benzene rings is 19. The Morgan fingerprint density at radius 1 is 0.164 bits per heavy atom. The van der Waals surface area contributed by atoms with Gasteiger partial charge in [-0.25, -0.2) is 29.9 Å². The van der Waals surface area contributed by atoms with Crippen molar-refractivity contribution in [3.05, 3.63) is 387 Å². The molecule has 23 rings (SSSR count). The highest BCUT2D eigenvalue weighted by Gasteiger charge is 2.30. The van der Waals surface area contributed by atoms with E-state index in [2.05, 4.69) is 255 Å². The molecule has 0 atom stereocenters. The summed E-state index contributed by atoms with van der Waals surface area (Å²) in [5.41, 5.74) is 26.1. The highest BCUT2D eigenvalue weighted by atomic mass is 15.0. The predicted molar refractivity (Wildman–Crippen MR) is 475 cm³/mol. The van der Waals surface area contributed by atoms with Crippen LogP contribution in [0.3, 0.4) is 0 Å². The third-order valence-corrected chi connectivity index (χ3v) is 23.2. The monoisotopic (exact) mass is 1470 g/mol. The van der Waals surface area contributed by atoms with Gasteiger partial charge in [0, 0.05) is 33.4 Å². The molecule has 116 heavy (non-hydrogen) atoms. The van der Waals surface area contributed by atoms with Crippen molar-refractivity contribution in [3.8, 4) is 169 Å². The predicted octanol–water partition coefficient (Wildman–Crippen LogP) is 27.5. The highest BCUT2D eigenvalue weighted by molar-refractivity contribution is 6.29. The molecule has 534 valence electrons. The Balaban J connectivity index is 0.000000141. The fraction of sp³-hybridized carbons (Fsp3) is 0. The summed E-state index contributed by atoms with van der Waals surface area (Å²) in [6.07, 6.45) is 0. The van der Waals surface area contributed by atoms with E-state index in [4.69, 9.17) is 29.9 Å². The van der Waals surface area contributed by atoms with E-state index in [-0.39, 0.29) is 0 Å². The smallest absolute Gasteiger partial charge is 0.165 e. The van der Waals surface area contributed by atoms with E-state index < -0.39 is 0 Å². The van der Waals surface area contributed by atoms with Gasteiger partial charge >= 0.3 is 0 Å². The lowest BCUT2D eigenvalue weighted by Crippen LogP contribution is -2.01. The van der Waals surface area contributed by atoms with Crippen molar-refractivity contribution in [2.45, 2.75) is 0 Å². The molecule has 0 amide bonds. The van der Waals surface area contributed by atoms with E-state index in [0.717, 1.165) is 126 Å². The summed E-state index contributed by atoms with van der Waals surface area (Å²) in [5, 5.41) is 35.3. The molecule has 8 heteroatoms. The van der Waals surface area contributed by atoms with Crippen molar-refractivity contribution in [1.29, 1.82) is 10.5 Å². The molecule has 21 aromatic rings. The summed E-state index contributed by atoms with van der Waals surface area (Å²) in [6.45, 7) is 0. The normalized spacial score (nSPS) is 11.6. The van der Waals surface area contributed by atoms with Crippen LogP contribution < -0.4 is 0 Å². The average molecular weight is 1470 g/mol. The van der Waals surface area contributed by atoms with Crippen LogP contribution in [0.5, 0.6) is 0 Å². The Labute approximate surface area is 668 Å². The van der Waals surface area contributed by atoms with Gasteiger partial charge in [0.1, 0.15) is 0 Å². The van der Waals surface area contributed by atoms with Crippen molar-refractivity contribution in [2.75, 3.05) is 0 Å². The van der Waals surface area contributed by atoms with E-state index in [9.17, 15) is 10.5 Å². The molecule has 0 N–H and O–H groups in total. The van der Waals surface area contributed by atoms with Crippen LogP contribution in [-0.4, -0.2) is 29.9 Å². The van der Waals surface area contributed by atoms with Crippen molar-refractivity contribution >= 4 is 75.4 Å². The van der Waals surface area contributed by atoms with Crippen LogP contribution in [0.15, 0.2) is 376 Å². The van der Waals surface area contributed by atoms with Gasteiger partial charge in [-0.15, -0.1) is 0 Å². The number of fused-ring (bicyclic) bond motifs is 11. The van der Waals surface area contributed by atoms with E-state index in [0.29, 0.717) is 46.1 Å². The van der Waals surface area contributed by atoms with Crippen molar-refractivity contribution < 1.29 is 0 Å². The molecule has 0 bridgehead atoms. The summed E-state index contributed by atoms with van der Waals surface area (Å²) in [5.74, 6) is 3.79. The summed E-state index contributed by atoms with van der Waals surface area (Å²) in [6, 6.07) is 136. The minimum atomic E-state index is 0.630. The molecule has 0 spiro atoms. The summed E-state index contributed by atoms with van der Waals surface area (Å²) >= 11 is 0. The fourth-order valence-electron chi connectivity index (χ4n) is 17.9. The quantitative estimate of drug-likeness (QED) is 0.124. The first-order valence-corrected chi connectivity index (χ1v) is 38.9. The number of rotatable bonds is 10. The molecule has 2 aliphatic carbocycles. The second-order valence-electron chi connectivity index (χ2n) is 29.6. The van der Waals surface area contributed by atoms with Gasteiger partial charge in [0.2, 0.25) is 0 Å². The first-order chi connectivity index (χ1) is 57.4. The Hall–Kier alpha value is -16.0. The van der Waals surface area contributed by atoms with Gasteiger partial charge in [-0.05, 0) is 207 Å². The Morgan fingerprint density at radius 3 is 0.836 bits per heavy atom. The second kappa shape index (κ2) is 27.5. The maximum absolute atomic E-state index is 9.78. The summed E-state index contributed by atoms with van der Waals surface area (Å²) in [4.78, 5) is 30.7. The number of hydrogen-bond acceptors (Lipinski definition) is 8. The molecule has 0 fully saturated rings. The van der Waals surface area contributed by atoms with Crippen molar-refractivity contribution in [2.24, 2.45) is 0 Å². The minimum absolute atomic E-state index is 0.630. The maximum Gasteiger partial charge on any atom is 0.165 e. The first-order valence-electron chi connectivity index (χ1n) is 38.9. The lowest BCUT2D eigenvalue weighted by atomic mass is 9.83. The SMILES string of the molecule is N#Cc1ccc2ccc(-c3ccc4c5c(ccc(-c6c7ccccc7c(-c7nc(-c8ccccc8)nc(-c8ccccc8)n7)c7ccccc67)c35)-c3ccccc3-4)cc2c1.N#Cc1ccc2ccc(-c3ccc4c5c(ccc(-c6ccc(-c7nc(-c8ccccc8)nc(-c8ccccc8)n7)c7ccccc67)c35)-c3ccccc3-4)cc2c1. The highest BCUT2D eigenvalue weighted by Crippen LogP contribution is 2.56. The van der Waals surface area contributed by atoms with E-state index >= 15 is 0 Å². The Morgan fingerprint density at radius 2 is 0.440 bits per heavy atom. The van der Waals surface area contributed by atoms with Gasteiger partial charge in [-0.2, -0.15) is 10.5 Å². The molecule has 0 saturated carbocycles. The van der Waals surface area contributed by atoms with Gasteiger partial charge < -0.3 is 0 Å². The molecule has 0 aliphatic heterocycles. The standard InChI is InChI=1S/C56H32N4.C52H30N4/c57-33-34-23-24-35-25-26-38(32-39(35)31-34)40-27-28-47-41-17-7-8-18-42(41)48-29-30-49(51(40)52(47)48)50-43-19-9-11-21-45(43)53(46-22-12-10-20-44(46)50)56-59-54(36-13-3-1-4-14-36)58-55(60-56)37-15-5-2-6-16-37;53-31-32-19-20-33-21-22-36(30-37(33)29-32)38-23-25-44-40-16-8-9-17-41(40)45-26-27-46(48(38)49(44)45)43-24-28-47(42-18-10-7-15-39(42)43)52-55-50(34-11-3-1-4-12-34)54-51(56-52)35-13-5-2-6-14-35/h1-32H;1-30H. The van der Waals surface area contributed by atoms with Crippen LogP contribution in [0.25, 0.3) is 233 Å². The average Bonchev–Trinajstić information content (AvgIpc) is 1.46. The molecule has 0 unspecified atom stereocenters. The van der Waals surface area contributed by atoms with Crippen LogP contribution in [-0.2, 0) is 0 Å². The lowest BCUT2D eigenvalue weighted by Gasteiger charge is -2.20. The lowest BCUT2D eigenvalue weighted by molar-refractivity contribution is 1.08. The zero-order valence-electron chi connectivity index (χ0n) is 62.4. The van der Waals surface area contributed by atoms with Crippen LogP contribution >= 0.6 is 0 Å². The number of nitrogens with zero attached hydrogens (tertiary/aromatic N) is 8. The van der Waals surface area contributed by atoms with Gasteiger partial charge in [0.25, 0.3) is 0 Å². The molecule has 8 nitrogen and oxygen atoms in total. The maximum atomic E-state index is 9.78. The summed E-state index contributed by atoms with van der Waals surface area (Å²) in [7, 11) is 0. The van der Waals surface area contributed by atoms with Crippen molar-refractivity contribution in [1.82, 2.24) is 29.9 Å². The van der Waals surface area contributed by atoms with E-state index in [1.54, 1.807) is 0 Å². The second-order valence-corrected chi connectivity index (χ2v) is 29.6. The van der Waals surface area contributed by atoms with Crippen LogP contribution in [0.1, 0.15) is 11.1 Å². The number of aromatic nitrogens is 6. The zero-order chi connectivity index (χ0) is 76.9. The van der Waals surface area contributed by atoms with Crippen LogP contribution in [0, 0.1) is 22.7 Å². The molecule has 2 aromatic heterocycles.